The molecular formula is C18H21FN2O6S2. The Bertz CT molecular complexity index is 1070. The van der Waals surface area contributed by atoms with E-state index in [-0.39, 0.29) is 42.6 Å². The maximum Gasteiger partial charge on any atom is 0.240 e. The summed E-state index contributed by atoms with van der Waals surface area (Å²) in [6, 6.07) is 7.75. The van der Waals surface area contributed by atoms with E-state index in [0.29, 0.717) is 12.2 Å². The van der Waals surface area contributed by atoms with Crippen LogP contribution in [-0.2, 0) is 30.4 Å². The zero-order valence-corrected chi connectivity index (χ0v) is 17.1. The summed E-state index contributed by atoms with van der Waals surface area (Å²) in [6.45, 7) is 0.189. The van der Waals surface area contributed by atoms with Crippen LogP contribution in [0.1, 0.15) is 18.6 Å². The van der Waals surface area contributed by atoms with Gasteiger partial charge >= 0.3 is 0 Å². The second-order valence-corrected chi connectivity index (χ2v) is 10.8. The lowest BCUT2D eigenvalue weighted by molar-refractivity contribution is -0.129. The number of likely N-dealkylation sites (tertiary alicyclic amines) is 1. The van der Waals surface area contributed by atoms with Gasteiger partial charge in [0, 0.05) is 26.1 Å². The van der Waals surface area contributed by atoms with Gasteiger partial charge < -0.3 is 9.32 Å². The van der Waals surface area contributed by atoms with E-state index < -0.39 is 30.9 Å². The molecule has 1 fully saturated rings. The zero-order valence-electron chi connectivity index (χ0n) is 15.5. The highest BCUT2D eigenvalue weighted by atomic mass is 32.2. The van der Waals surface area contributed by atoms with Crippen LogP contribution in [-0.4, -0.2) is 52.5 Å². The molecule has 11 heteroatoms. The molecule has 0 radical (unpaired) electrons. The van der Waals surface area contributed by atoms with Gasteiger partial charge in [0.25, 0.3) is 0 Å². The SMILES string of the molecule is O=C(CCNS(=O)(=O)c1cccc(F)c1)N1CCC(S(=O)(=O)Cc2ccco2)C1. The average molecular weight is 445 g/mol. The molecule has 1 aliphatic heterocycles. The fourth-order valence-corrected chi connectivity index (χ4v) is 5.86. The average Bonchev–Trinajstić information content (AvgIpc) is 3.33. The minimum absolute atomic E-state index is 0.0680. The Kier molecular flexibility index (Phi) is 6.39. The van der Waals surface area contributed by atoms with Crippen LogP contribution in [0.2, 0.25) is 0 Å². The Morgan fingerprint density at radius 2 is 2.00 bits per heavy atom. The number of furan rings is 1. The van der Waals surface area contributed by atoms with Crippen LogP contribution >= 0.6 is 0 Å². The Balaban J connectivity index is 1.50. The number of hydrogen-bond donors (Lipinski definition) is 1. The molecule has 3 rings (SSSR count). The number of sulfonamides is 1. The minimum atomic E-state index is -3.93. The molecule has 1 aliphatic rings. The normalized spacial score (nSPS) is 17.6. The fourth-order valence-electron chi connectivity index (χ4n) is 3.13. The standard InChI is InChI=1S/C18H21FN2O6S2/c19-14-3-1-5-16(11-14)29(25,26)20-8-6-18(22)21-9-7-17(12-21)28(23,24)13-15-4-2-10-27-15/h1-5,10-11,17,20H,6-9,12-13H2. The molecule has 0 spiro atoms. The van der Waals surface area contributed by atoms with Gasteiger partial charge in [-0.3, -0.25) is 4.79 Å². The van der Waals surface area contributed by atoms with Gasteiger partial charge in [-0.25, -0.2) is 25.9 Å². The first-order valence-corrected chi connectivity index (χ1v) is 12.1. The Morgan fingerprint density at radius 1 is 1.21 bits per heavy atom. The van der Waals surface area contributed by atoms with E-state index in [1.54, 1.807) is 12.1 Å². The molecule has 1 amide bonds. The number of carbonyl (C=O) groups excluding carboxylic acids is 1. The molecule has 0 saturated carbocycles. The van der Waals surface area contributed by atoms with Crippen molar-refractivity contribution in [2.45, 2.75) is 28.7 Å². The van der Waals surface area contributed by atoms with Crippen LogP contribution in [0.25, 0.3) is 0 Å². The second-order valence-electron chi connectivity index (χ2n) is 6.74. The molecular weight excluding hydrogens is 423 g/mol. The maximum atomic E-state index is 13.2. The summed E-state index contributed by atoms with van der Waals surface area (Å²) < 4.78 is 69.8. The summed E-state index contributed by atoms with van der Waals surface area (Å²) in [6.07, 6.45) is 1.60. The van der Waals surface area contributed by atoms with Gasteiger partial charge in [-0.05, 0) is 36.8 Å². The summed E-state index contributed by atoms with van der Waals surface area (Å²) in [5, 5.41) is -0.680. The van der Waals surface area contributed by atoms with Crippen molar-refractivity contribution in [2.24, 2.45) is 0 Å². The molecule has 2 heterocycles. The molecule has 0 bridgehead atoms. The van der Waals surface area contributed by atoms with Crippen LogP contribution < -0.4 is 4.72 Å². The van der Waals surface area contributed by atoms with Crippen LogP contribution in [0.4, 0.5) is 4.39 Å². The van der Waals surface area contributed by atoms with E-state index in [9.17, 15) is 26.0 Å². The molecule has 1 unspecified atom stereocenters. The van der Waals surface area contributed by atoms with Gasteiger partial charge in [-0.2, -0.15) is 0 Å². The predicted octanol–water partition coefficient (Wildman–Crippen LogP) is 1.30. The van der Waals surface area contributed by atoms with Gasteiger partial charge in [0.15, 0.2) is 9.84 Å². The third-order valence-electron chi connectivity index (χ3n) is 4.67. The fraction of sp³-hybridized carbons (Fsp3) is 0.389. The minimum Gasteiger partial charge on any atom is -0.468 e. The van der Waals surface area contributed by atoms with Crippen molar-refractivity contribution in [3.05, 3.63) is 54.2 Å². The van der Waals surface area contributed by atoms with Crippen molar-refractivity contribution < 1.29 is 30.4 Å². The quantitative estimate of drug-likeness (QED) is 0.657. The monoisotopic (exact) mass is 444 g/mol. The van der Waals surface area contributed by atoms with E-state index in [1.807, 2.05) is 0 Å². The number of benzene rings is 1. The first kappa shape index (κ1) is 21.5. The number of sulfone groups is 1. The molecule has 2 aromatic rings. The van der Waals surface area contributed by atoms with Crippen molar-refractivity contribution in [1.29, 1.82) is 0 Å². The number of halogens is 1. The number of nitrogens with zero attached hydrogens (tertiary/aromatic N) is 1. The van der Waals surface area contributed by atoms with E-state index in [0.717, 1.165) is 12.1 Å². The van der Waals surface area contributed by atoms with Crippen molar-refractivity contribution in [2.75, 3.05) is 19.6 Å². The highest BCUT2D eigenvalue weighted by Crippen LogP contribution is 2.21. The number of nitrogens with one attached hydrogen (secondary N) is 1. The first-order valence-electron chi connectivity index (χ1n) is 8.94. The van der Waals surface area contributed by atoms with Gasteiger partial charge in [0.2, 0.25) is 15.9 Å². The van der Waals surface area contributed by atoms with Gasteiger partial charge in [0.1, 0.15) is 17.3 Å². The van der Waals surface area contributed by atoms with Crippen molar-refractivity contribution >= 4 is 25.8 Å². The second kappa shape index (κ2) is 8.64. The van der Waals surface area contributed by atoms with Crippen molar-refractivity contribution in [1.82, 2.24) is 9.62 Å². The lowest BCUT2D eigenvalue weighted by Gasteiger charge is -2.17. The molecule has 0 aliphatic carbocycles. The van der Waals surface area contributed by atoms with E-state index in [1.165, 1.54) is 23.3 Å². The molecule has 1 saturated heterocycles. The van der Waals surface area contributed by atoms with Crippen LogP contribution in [0, 0.1) is 5.82 Å². The highest BCUT2D eigenvalue weighted by molar-refractivity contribution is 7.91. The summed E-state index contributed by atoms with van der Waals surface area (Å²) >= 11 is 0. The van der Waals surface area contributed by atoms with Gasteiger partial charge in [0.05, 0.1) is 16.4 Å². The smallest absolute Gasteiger partial charge is 0.240 e. The topological polar surface area (TPSA) is 114 Å². The molecule has 1 aromatic carbocycles. The molecule has 1 atom stereocenters. The molecule has 158 valence electrons. The molecule has 8 nitrogen and oxygen atoms in total. The van der Waals surface area contributed by atoms with Crippen LogP contribution in [0.15, 0.2) is 52.0 Å². The number of amides is 1. The van der Waals surface area contributed by atoms with Crippen molar-refractivity contribution in [3.8, 4) is 0 Å². The lowest BCUT2D eigenvalue weighted by Crippen LogP contribution is -2.35. The summed E-state index contributed by atoms with van der Waals surface area (Å²) in [5.41, 5.74) is 0. The van der Waals surface area contributed by atoms with Gasteiger partial charge in [-0.15, -0.1) is 0 Å². The highest BCUT2D eigenvalue weighted by Gasteiger charge is 2.35. The van der Waals surface area contributed by atoms with Crippen LogP contribution in [0.5, 0.6) is 0 Å². The summed E-state index contributed by atoms with van der Waals surface area (Å²) in [4.78, 5) is 13.5. The number of hydrogen-bond acceptors (Lipinski definition) is 6. The molecule has 29 heavy (non-hydrogen) atoms. The Hall–Kier alpha value is -2.24. The third kappa shape index (κ3) is 5.43. The number of carbonyl (C=O) groups is 1. The van der Waals surface area contributed by atoms with E-state index in [4.69, 9.17) is 4.42 Å². The van der Waals surface area contributed by atoms with E-state index >= 15 is 0 Å². The predicted molar refractivity (Wildman–Crippen MR) is 103 cm³/mol. The first-order chi connectivity index (χ1) is 13.7. The largest absolute Gasteiger partial charge is 0.468 e. The van der Waals surface area contributed by atoms with Crippen molar-refractivity contribution in [3.63, 3.8) is 0 Å². The zero-order chi connectivity index (χ0) is 21.1. The van der Waals surface area contributed by atoms with Crippen LogP contribution in [0.3, 0.4) is 0 Å². The van der Waals surface area contributed by atoms with Gasteiger partial charge in [-0.1, -0.05) is 6.07 Å². The molecule has 1 N–H and O–H groups in total. The Morgan fingerprint density at radius 3 is 2.69 bits per heavy atom. The lowest BCUT2D eigenvalue weighted by atomic mass is 10.4. The summed E-state index contributed by atoms with van der Waals surface area (Å²) in [7, 11) is -7.40. The number of rotatable bonds is 8. The molecule has 1 aromatic heterocycles. The third-order valence-corrected chi connectivity index (χ3v) is 8.21. The summed E-state index contributed by atoms with van der Waals surface area (Å²) in [5.74, 6) is -0.896. The Labute approximate surface area is 168 Å². The maximum absolute atomic E-state index is 13.2. The van der Waals surface area contributed by atoms with E-state index in [2.05, 4.69) is 4.72 Å².